The highest BCUT2D eigenvalue weighted by atomic mass is 35.5. The Balaban J connectivity index is 2.01. The summed E-state index contributed by atoms with van der Waals surface area (Å²) in [6.45, 7) is 1.20. The first kappa shape index (κ1) is 14.7. The number of hydrogen-bond acceptors (Lipinski definition) is 4. The number of nitrogens with zero attached hydrogens (tertiary/aromatic N) is 2. The molecule has 1 heterocycles. The fourth-order valence-corrected chi connectivity index (χ4v) is 1.99. The second-order valence-electron chi connectivity index (χ2n) is 4.32. The second kappa shape index (κ2) is 7.17. The van der Waals surface area contributed by atoms with Gasteiger partial charge in [0.1, 0.15) is 0 Å². The van der Waals surface area contributed by atoms with E-state index in [0.29, 0.717) is 18.8 Å². The molecular formula is C14H16ClN3O2. The Labute approximate surface area is 122 Å². The monoisotopic (exact) mass is 293 g/mol. The first-order valence-corrected chi connectivity index (χ1v) is 6.75. The van der Waals surface area contributed by atoms with Crippen LogP contribution in [-0.4, -0.2) is 36.1 Å². The van der Waals surface area contributed by atoms with Crippen molar-refractivity contribution in [2.75, 3.05) is 20.3 Å². The Morgan fingerprint density at radius 1 is 1.30 bits per heavy atom. The van der Waals surface area contributed by atoms with Crippen molar-refractivity contribution in [3.05, 3.63) is 35.1 Å². The average Bonchev–Trinajstić information content (AvgIpc) is 2.44. The van der Waals surface area contributed by atoms with E-state index in [1.165, 1.54) is 0 Å². The minimum Gasteiger partial charge on any atom is -0.385 e. The zero-order chi connectivity index (χ0) is 14.4. The van der Waals surface area contributed by atoms with E-state index in [-0.39, 0.29) is 17.5 Å². The number of amides is 1. The molecule has 6 heteroatoms. The molecule has 2 aromatic rings. The van der Waals surface area contributed by atoms with Gasteiger partial charge in [0.2, 0.25) is 5.91 Å². The lowest BCUT2D eigenvalue weighted by Gasteiger charge is -2.06. The summed E-state index contributed by atoms with van der Waals surface area (Å²) in [6.07, 6.45) is 0.906. The molecule has 0 atom stereocenters. The van der Waals surface area contributed by atoms with Crippen molar-refractivity contribution >= 4 is 28.5 Å². The van der Waals surface area contributed by atoms with E-state index in [9.17, 15) is 4.79 Å². The molecule has 1 amide bonds. The van der Waals surface area contributed by atoms with Crippen molar-refractivity contribution in [1.82, 2.24) is 15.3 Å². The Morgan fingerprint density at radius 2 is 2.00 bits per heavy atom. The van der Waals surface area contributed by atoms with Gasteiger partial charge in [-0.1, -0.05) is 23.7 Å². The van der Waals surface area contributed by atoms with Crippen molar-refractivity contribution in [2.45, 2.75) is 12.8 Å². The quantitative estimate of drug-likeness (QED) is 0.827. The van der Waals surface area contributed by atoms with Crippen molar-refractivity contribution < 1.29 is 9.53 Å². The molecule has 0 fully saturated rings. The minimum atomic E-state index is -0.118. The summed E-state index contributed by atoms with van der Waals surface area (Å²) in [7, 11) is 1.63. The van der Waals surface area contributed by atoms with Crippen LogP contribution < -0.4 is 5.32 Å². The number of carbonyl (C=O) groups excluding carboxylic acids is 1. The van der Waals surface area contributed by atoms with Crippen LogP contribution >= 0.6 is 11.6 Å². The molecule has 0 bridgehead atoms. The molecule has 0 spiro atoms. The zero-order valence-corrected chi connectivity index (χ0v) is 12.0. The Hall–Kier alpha value is -1.72. The minimum absolute atomic E-state index is 0.118. The summed E-state index contributed by atoms with van der Waals surface area (Å²) in [5.74, 6) is -0.118. The number of carbonyl (C=O) groups is 1. The number of methoxy groups -OCH3 is 1. The van der Waals surface area contributed by atoms with Gasteiger partial charge in [0, 0.05) is 20.3 Å². The number of nitrogens with one attached hydrogen (secondary N) is 1. The van der Waals surface area contributed by atoms with Crippen LogP contribution in [0.25, 0.3) is 11.0 Å². The molecular weight excluding hydrogens is 278 g/mol. The van der Waals surface area contributed by atoms with E-state index >= 15 is 0 Å². The Morgan fingerprint density at radius 3 is 2.70 bits per heavy atom. The first-order chi connectivity index (χ1) is 9.70. The SMILES string of the molecule is COCCCNC(=O)Cc1nc2ccccc2nc1Cl. The lowest BCUT2D eigenvalue weighted by molar-refractivity contribution is -0.120. The topological polar surface area (TPSA) is 64.1 Å². The summed E-state index contributed by atoms with van der Waals surface area (Å²) in [4.78, 5) is 20.4. The van der Waals surface area contributed by atoms with Gasteiger partial charge in [-0.2, -0.15) is 0 Å². The molecule has 0 radical (unpaired) electrons. The first-order valence-electron chi connectivity index (χ1n) is 6.37. The molecule has 0 aliphatic heterocycles. The van der Waals surface area contributed by atoms with Crippen molar-refractivity contribution in [3.8, 4) is 0 Å². The lowest BCUT2D eigenvalue weighted by atomic mass is 10.2. The maximum atomic E-state index is 11.8. The van der Waals surface area contributed by atoms with Crippen LogP contribution in [0.1, 0.15) is 12.1 Å². The van der Waals surface area contributed by atoms with Gasteiger partial charge in [-0.05, 0) is 18.6 Å². The van der Waals surface area contributed by atoms with Crippen LogP contribution in [0.15, 0.2) is 24.3 Å². The number of fused-ring (bicyclic) bond motifs is 1. The normalized spacial score (nSPS) is 10.7. The Bertz CT molecular complexity index is 604. The summed E-state index contributed by atoms with van der Waals surface area (Å²) in [5.41, 5.74) is 1.95. The van der Waals surface area contributed by atoms with E-state index < -0.39 is 0 Å². The molecule has 0 aliphatic rings. The lowest BCUT2D eigenvalue weighted by Crippen LogP contribution is -2.27. The molecule has 2 rings (SSSR count). The molecule has 0 saturated heterocycles. The second-order valence-corrected chi connectivity index (χ2v) is 4.68. The number of halogens is 1. The number of ether oxygens (including phenoxy) is 1. The average molecular weight is 294 g/mol. The van der Waals surface area contributed by atoms with Gasteiger partial charge in [-0.15, -0.1) is 0 Å². The predicted octanol–water partition coefficient (Wildman–Crippen LogP) is 1.98. The van der Waals surface area contributed by atoms with Crippen molar-refractivity contribution in [1.29, 1.82) is 0 Å². The van der Waals surface area contributed by atoms with Gasteiger partial charge in [-0.3, -0.25) is 4.79 Å². The molecule has 0 unspecified atom stereocenters. The highest BCUT2D eigenvalue weighted by Crippen LogP contribution is 2.17. The zero-order valence-electron chi connectivity index (χ0n) is 11.2. The molecule has 5 nitrogen and oxygen atoms in total. The standard InChI is InChI=1S/C14H16ClN3O2/c1-20-8-4-7-16-13(19)9-12-14(15)18-11-6-3-2-5-10(11)17-12/h2-3,5-6H,4,7-9H2,1H3,(H,16,19). The summed E-state index contributed by atoms with van der Waals surface area (Å²) >= 11 is 6.06. The van der Waals surface area contributed by atoms with E-state index in [1.807, 2.05) is 24.3 Å². The van der Waals surface area contributed by atoms with E-state index in [4.69, 9.17) is 16.3 Å². The van der Waals surface area contributed by atoms with Gasteiger partial charge in [0.05, 0.1) is 23.1 Å². The van der Waals surface area contributed by atoms with Gasteiger partial charge in [-0.25, -0.2) is 9.97 Å². The van der Waals surface area contributed by atoms with E-state index in [0.717, 1.165) is 17.5 Å². The molecule has 1 aromatic heterocycles. The summed E-state index contributed by atoms with van der Waals surface area (Å²) in [5, 5.41) is 3.07. The fraction of sp³-hybridized carbons (Fsp3) is 0.357. The third kappa shape index (κ3) is 3.88. The van der Waals surface area contributed by atoms with Gasteiger partial charge < -0.3 is 10.1 Å². The van der Waals surface area contributed by atoms with Crippen molar-refractivity contribution in [3.63, 3.8) is 0 Å². The molecule has 0 saturated carbocycles. The van der Waals surface area contributed by atoms with Crippen molar-refractivity contribution in [2.24, 2.45) is 0 Å². The fourth-order valence-electron chi connectivity index (χ4n) is 1.79. The number of para-hydroxylation sites is 2. The number of hydrogen-bond donors (Lipinski definition) is 1. The van der Waals surface area contributed by atoms with E-state index in [2.05, 4.69) is 15.3 Å². The molecule has 1 aromatic carbocycles. The largest absolute Gasteiger partial charge is 0.385 e. The predicted molar refractivity (Wildman–Crippen MR) is 77.8 cm³/mol. The van der Waals surface area contributed by atoms with Crippen LogP contribution in [0, 0.1) is 0 Å². The third-order valence-corrected chi connectivity index (χ3v) is 3.07. The van der Waals surface area contributed by atoms with Gasteiger partial charge in [0.15, 0.2) is 5.15 Å². The van der Waals surface area contributed by atoms with Crippen LogP contribution in [-0.2, 0) is 16.0 Å². The molecule has 0 aliphatic carbocycles. The highest BCUT2D eigenvalue weighted by Gasteiger charge is 2.11. The smallest absolute Gasteiger partial charge is 0.226 e. The van der Waals surface area contributed by atoms with Crippen LogP contribution in [0.3, 0.4) is 0 Å². The van der Waals surface area contributed by atoms with Crippen LogP contribution in [0.2, 0.25) is 5.15 Å². The molecule has 1 N–H and O–H groups in total. The third-order valence-electron chi connectivity index (χ3n) is 2.77. The highest BCUT2D eigenvalue weighted by molar-refractivity contribution is 6.30. The number of aromatic nitrogens is 2. The number of benzene rings is 1. The summed E-state index contributed by atoms with van der Waals surface area (Å²) in [6, 6.07) is 7.43. The van der Waals surface area contributed by atoms with E-state index in [1.54, 1.807) is 7.11 Å². The summed E-state index contributed by atoms with van der Waals surface area (Å²) < 4.78 is 4.91. The van der Waals surface area contributed by atoms with Crippen LogP contribution in [0.5, 0.6) is 0 Å². The molecule has 20 heavy (non-hydrogen) atoms. The van der Waals surface area contributed by atoms with Gasteiger partial charge >= 0.3 is 0 Å². The maximum absolute atomic E-state index is 11.8. The Kier molecular flexibility index (Phi) is 5.26. The van der Waals surface area contributed by atoms with Crippen LogP contribution in [0.4, 0.5) is 0 Å². The van der Waals surface area contributed by atoms with Gasteiger partial charge in [0.25, 0.3) is 0 Å². The maximum Gasteiger partial charge on any atom is 0.226 e. The molecule has 106 valence electrons. The number of rotatable bonds is 6.